The quantitative estimate of drug-likeness (QED) is 0.316. The molecule has 178 valence electrons. The van der Waals surface area contributed by atoms with Gasteiger partial charge in [0.2, 0.25) is 0 Å². The Morgan fingerprint density at radius 3 is 2.34 bits per heavy atom. The Morgan fingerprint density at radius 1 is 0.829 bits per heavy atom. The molecular formula is C27H24N2O5S. The van der Waals surface area contributed by atoms with Crippen LogP contribution in [0.5, 0.6) is 17.2 Å². The molecule has 0 aliphatic rings. The van der Waals surface area contributed by atoms with E-state index < -0.39 is 0 Å². The second kappa shape index (κ2) is 11.2. The van der Waals surface area contributed by atoms with E-state index in [0.717, 1.165) is 16.1 Å². The van der Waals surface area contributed by atoms with Gasteiger partial charge in [0.05, 0.1) is 14.2 Å². The zero-order valence-electron chi connectivity index (χ0n) is 19.2. The van der Waals surface area contributed by atoms with Gasteiger partial charge >= 0.3 is 0 Å². The lowest BCUT2D eigenvalue weighted by Gasteiger charge is -2.13. The van der Waals surface area contributed by atoms with Crippen molar-refractivity contribution in [3.63, 3.8) is 0 Å². The minimum absolute atomic E-state index is 0.220. The van der Waals surface area contributed by atoms with Gasteiger partial charge < -0.3 is 24.8 Å². The normalized spacial score (nSPS) is 10.3. The average molecular weight is 489 g/mol. The van der Waals surface area contributed by atoms with Crippen molar-refractivity contribution in [1.82, 2.24) is 0 Å². The van der Waals surface area contributed by atoms with Crippen LogP contribution in [-0.2, 0) is 4.79 Å². The van der Waals surface area contributed by atoms with Gasteiger partial charge in [-0.3, -0.25) is 9.59 Å². The van der Waals surface area contributed by atoms with Crippen LogP contribution in [-0.4, -0.2) is 32.6 Å². The third-order valence-corrected chi connectivity index (χ3v) is 6.02. The minimum atomic E-state index is -0.329. The molecule has 7 nitrogen and oxygen atoms in total. The van der Waals surface area contributed by atoms with Crippen LogP contribution >= 0.6 is 11.3 Å². The third kappa shape index (κ3) is 5.99. The molecule has 0 bridgehead atoms. The van der Waals surface area contributed by atoms with Crippen LogP contribution in [0.3, 0.4) is 0 Å². The van der Waals surface area contributed by atoms with Crippen LogP contribution < -0.4 is 24.8 Å². The lowest BCUT2D eigenvalue weighted by molar-refractivity contribution is -0.118. The predicted molar refractivity (Wildman–Crippen MR) is 138 cm³/mol. The molecular weight excluding hydrogens is 464 g/mol. The van der Waals surface area contributed by atoms with Gasteiger partial charge in [-0.25, -0.2) is 0 Å². The topological polar surface area (TPSA) is 85.9 Å². The van der Waals surface area contributed by atoms with Crippen molar-refractivity contribution in [1.29, 1.82) is 0 Å². The van der Waals surface area contributed by atoms with Crippen molar-refractivity contribution in [2.75, 3.05) is 31.5 Å². The van der Waals surface area contributed by atoms with E-state index >= 15 is 0 Å². The molecule has 0 aliphatic heterocycles. The number of methoxy groups -OCH3 is 2. The fraction of sp³-hybridized carbons (Fsp3) is 0.111. The number of nitrogens with one attached hydrogen (secondary N) is 2. The molecule has 8 heteroatoms. The van der Waals surface area contributed by atoms with E-state index in [4.69, 9.17) is 14.2 Å². The second-order valence-electron chi connectivity index (χ2n) is 7.41. The smallest absolute Gasteiger partial charge is 0.262 e. The zero-order chi connectivity index (χ0) is 24.6. The van der Waals surface area contributed by atoms with E-state index in [0.29, 0.717) is 28.5 Å². The van der Waals surface area contributed by atoms with Gasteiger partial charge in [-0.1, -0.05) is 24.3 Å². The maximum absolute atomic E-state index is 13.0. The number of amides is 2. The highest BCUT2D eigenvalue weighted by molar-refractivity contribution is 7.13. The minimum Gasteiger partial charge on any atom is -0.497 e. The first kappa shape index (κ1) is 23.8. The zero-order valence-corrected chi connectivity index (χ0v) is 20.1. The van der Waals surface area contributed by atoms with E-state index in [2.05, 4.69) is 10.6 Å². The Hall–Kier alpha value is -4.30. The second-order valence-corrected chi connectivity index (χ2v) is 8.36. The molecule has 4 aromatic rings. The molecule has 2 amide bonds. The monoisotopic (exact) mass is 488 g/mol. The van der Waals surface area contributed by atoms with E-state index in [1.165, 1.54) is 7.11 Å². The molecule has 0 atom stereocenters. The molecule has 1 heterocycles. The lowest BCUT2D eigenvalue weighted by atomic mass is 10.1. The summed E-state index contributed by atoms with van der Waals surface area (Å²) in [6, 6.07) is 23.4. The maximum Gasteiger partial charge on any atom is 0.262 e. The van der Waals surface area contributed by atoms with Crippen LogP contribution in [0, 0.1) is 0 Å². The Labute approximate surface area is 207 Å². The molecule has 0 fully saturated rings. The molecule has 3 aromatic carbocycles. The van der Waals surface area contributed by atoms with Gasteiger partial charge in [-0.05, 0) is 60.0 Å². The van der Waals surface area contributed by atoms with E-state index in [1.807, 2.05) is 41.8 Å². The lowest BCUT2D eigenvalue weighted by Crippen LogP contribution is -2.20. The maximum atomic E-state index is 13.0. The number of carbonyl (C=O) groups is 2. The van der Waals surface area contributed by atoms with Gasteiger partial charge in [0, 0.05) is 27.4 Å². The molecule has 0 saturated carbocycles. The summed E-state index contributed by atoms with van der Waals surface area (Å²) in [5.74, 6) is 0.790. The first-order valence-corrected chi connectivity index (χ1v) is 11.6. The molecule has 0 aliphatic carbocycles. The van der Waals surface area contributed by atoms with Crippen molar-refractivity contribution in [2.45, 2.75) is 0 Å². The molecule has 2 N–H and O–H groups in total. The van der Waals surface area contributed by atoms with Crippen LogP contribution in [0.25, 0.3) is 10.4 Å². The molecule has 4 rings (SSSR count). The van der Waals surface area contributed by atoms with Crippen molar-refractivity contribution >= 4 is 34.5 Å². The number of para-hydroxylation sites is 1. The number of hydrogen-bond donors (Lipinski definition) is 2. The Kier molecular flexibility index (Phi) is 7.64. The highest BCUT2D eigenvalue weighted by Crippen LogP contribution is 2.32. The molecule has 1 aromatic heterocycles. The van der Waals surface area contributed by atoms with E-state index in [-0.39, 0.29) is 18.4 Å². The van der Waals surface area contributed by atoms with Crippen molar-refractivity contribution in [3.8, 4) is 27.7 Å². The number of thiophene rings is 1. The average Bonchev–Trinajstić information content (AvgIpc) is 3.43. The van der Waals surface area contributed by atoms with Gasteiger partial charge in [0.25, 0.3) is 11.8 Å². The summed E-state index contributed by atoms with van der Waals surface area (Å²) in [6.07, 6.45) is 0. The van der Waals surface area contributed by atoms with Crippen molar-refractivity contribution < 1.29 is 23.8 Å². The van der Waals surface area contributed by atoms with Crippen LogP contribution in [0.15, 0.2) is 84.2 Å². The molecule has 0 spiro atoms. The highest BCUT2D eigenvalue weighted by atomic mass is 32.1. The van der Waals surface area contributed by atoms with E-state index in [9.17, 15) is 9.59 Å². The summed E-state index contributed by atoms with van der Waals surface area (Å²) in [4.78, 5) is 26.3. The Morgan fingerprint density at radius 2 is 1.63 bits per heavy atom. The van der Waals surface area contributed by atoms with Gasteiger partial charge in [-0.15, -0.1) is 11.3 Å². The van der Waals surface area contributed by atoms with Gasteiger partial charge in [-0.2, -0.15) is 0 Å². The van der Waals surface area contributed by atoms with Gasteiger partial charge in [0.15, 0.2) is 18.1 Å². The first-order chi connectivity index (χ1) is 17.1. The number of ether oxygens (including phenoxy) is 3. The molecule has 0 unspecified atom stereocenters. The van der Waals surface area contributed by atoms with Crippen molar-refractivity contribution in [3.05, 3.63) is 89.8 Å². The highest BCUT2D eigenvalue weighted by Gasteiger charge is 2.15. The summed E-state index contributed by atoms with van der Waals surface area (Å²) in [6.45, 7) is -0.220. The standard InChI is InChI=1S/C27H24N2O5S/c1-32-20-12-10-19(11-13-20)28-26(30)17-34-23-14-9-18(16-24(23)33-2)27(31)29-22-7-4-3-6-21(22)25-8-5-15-35-25/h3-16H,17H2,1-2H3,(H,28,30)(H,29,31). The van der Waals surface area contributed by atoms with Crippen LogP contribution in [0.4, 0.5) is 11.4 Å². The summed E-state index contributed by atoms with van der Waals surface area (Å²) in [5, 5.41) is 7.72. The number of rotatable bonds is 9. The van der Waals surface area contributed by atoms with Crippen LogP contribution in [0.2, 0.25) is 0 Å². The number of hydrogen-bond acceptors (Lipinski definition) is 6. The van der Waals surface area contributed by atoms with Gasteiger partial charge in [0.1, 0.15) is 5.75 Å². The Bertz CT molecular complexity index is 1300. The number of carbonyl (C=O) groups excluding carboxylic acids is 2. The van der Waals surface area contributed by atoms with E-state index in [1.54, 1.807) is 60.9 Å². The number of anilines is 2. The largest absolute Gasteiger partial charge is 0.497 e. The fourth-order valence-electron chi connectivity index (χ4n) is 3.38. The SMILES string of the molecule is COc1ccc(NC(=O)COc2ccc(C(=O)Nc3ccccc3-c3cccs3)cc2OC)cc1. The summed E-state index contributed by atoms with van der Waals surface area (Å²) < 4.78 is 16.1. The molecule has 35 heavy (non-hydrogen) atoms. The number of benzene rings is 3. The van der Waals surface area contributed by atoms with Crippen molar-refractivity contribution in [2.24, 2.45) is 0 Å². The molecule has 0 radical (unpaired) electrons. The predicted octanol–water partition coefficient (Wildman–Crippen LogP) is 5.70. The summed E-state index contributed by atoms with van der Waals surface area (Å²) in [5.41, 5.74) is 2.69. The first-order valence-electron chi connectivity index (χ1n) is 10.8. The third-order valence-electron chi connectivity index (χ3n) is 5.12. The Balaban J connectivity index is 1.41. The summed E-state index contributed by atoms with van der Waals surface area (Å²) >= 11 is 1.60. The van der Waals surface area contributed by atoms with Crippen LogP contribution in [0.1, 0.15) is 10.4 Å². The fourth-order valence-corrected chi connectivity index (χ4v) is 4.14. The molecule has 0 saturated heterocycles. The summed E-state index contributed by atoms with van der Waals surface area (Å²) in [7, 11) is 3.06.